The Bertz CT molecular complexity index is 1270. The fourth-order valence-electron chi connectivity index (χ4n) is 3.23. The first kappa shape index (κ1) is 26.4. The molecule has 0 spiro atoms. The summed E-state index contributed by atoms with van der Waals surface area (Å²) in [5.41, 5.74) is 4.14. The molecule has 184 valence electrons. The smallest absolute Gasteiger partial charge is 0.255 e. The van der Waals surface area contributed by atoms with Crippen molar-refractivity contribution < 1.29 is 22.7 Å². The quantitative estimate of drug-likeness (QED) is 0.284. The Labute approximate surface area is 213 Å². The maximum atomic E-state index is 13.5. The summed E-state index contributed by atoms with van der Waals surface area (Å²) in [5.74, 6) is 0.123. The van der Waals surface area contributed by atoms with Crippen molar-refractivity contribution in [2.75, 3.05) is 27.3 Å². The molecule has 3 rings (SSSR count). The van der Waals surface area contributed by atoms with Crippen LogP contribution in [0.4, 0.5) is 0 Å². The number of benzene rings is 3. The number of hydrogen-bond acceptors (Lipinski definition) is 6. The van der Waals surface area contributed by atoms with Crippen molar-refractivity contribution >= 4 is 38.1 Å². The molecular weight excluding hydrogens is 534 g/mol. The lowest BCUT2D eigenvalue weighted by Crippen LogP contribution is -2.40. The van der Waals surface area contributed by atoms with Crippen molar-refractivity contribution in [3.8, 4) is 11.5 Å². The van der Waals surface area contributed by atoms with Crippen molar-refractivity contribution in [1.29, 1.82) is 0 Å². The zero-order valence-electron chi connectivity index (χ0n) is 19.3. The summed E-state index contributed by atoms with van der Waals surface area (Å²) in [5, 5.41) is 3.95. The van der Waals surface area contributed by atoms with Crippen molar-refractivity contribution in [1.82, 2.24) is 9.73 Å². The summed E-state index contributed by atoms with van der Waals surface area (Å²) < 4.78 is 39.5. The van der Waals surface area contributed by atoms with Gasteiger partial charge in [0.1, 0.15) is 0 Å². The molecule has 8 nitrogen and oxygen atoms in total. The minimum Gasteiger partial charge on any atom is -0.493 e. The third kappa shape index (κ3) is 7.38. The van der Waals surface area contributed by atoms with E-state index in [0.717, 1.165) is 19.9 Å². The van der Waals surface area contributed by atoms with Crippen LogP contribution in [0, 0.1) is 0 Å². The van der Waals surface area contributed by atoms with Crippen LogP contribution < -0.4 is 14.9 Å². The number of nitrogens with zero attached hydrogens (tertiary/aromatic N) is 2. The molecule has 0 atom stereocenters. The van der Waals surface area contributed by atoms with E-state index in [0.29, 0.717) is 12.2 Å². The Morgan fingerprint density at radius 2 is 1.69 bits per heavy atom. The fraction of sp³-hybridized carbons (Fsp3) is 0.200. The van der Waals surface area contributed by atoms with E-state index in [1.165, 1.54) is 38.6 Å². The monoisotopic (exact) mass is 559 g/mol. The molecule has 0 bridgehead atoms. The van der Waals surface area contributed by atoms with Crippen LogP contribution >= 0.6 is 15.9 Å². The third-order valence-electron chi connectivity index (χ3n) is 5.08. The van der Waals surface area contributed by atoms with Gasteiger partial charge in [0.15, 0.2) is 11.5 Å². The van der Waals surface area contributed by atoms with Gasteiger partial charge in [0.2, 0.25) is 10.0 Å². The molecule has 0 aliphatic rings. The Morgan fingerprint density at radius 3 is 2.34 bits per heavy atom. The van der Waals surface area contributed by atoms with E-state index >= 15 is 0 Å². The van der Waals surface area contributed by atoms with Crippen LogP contribution in [-0.2, 0) is 21.2 Å². The van der Waals surface area contributed by atoms with E-state index in [9.17, 15) is 13.2 Å². The molecule has 1 N–H and O–H groups in total. The molecule has 3 aromatic rings. The molecule has 0 saturated carbocycles. The van der Waals surface area contributed by atoms with E-state index in [4.69, 9.17) is 9.47 Å². The molecule has 0 fully saturated rings. The minimum absolute atomic E-state index is 0.00521. The summed E-state index contributed by atoms with van der Waals surface area (Å²) >= 11 is 3.36. The first-order valence-corrected chi connectivity index (χ1v) is 12.9. The van der Waals surface area contributed by atoms with Crippen molar-refractivity contribution in [3.05, 3.63) is 88.4 Å². The van der Waals surface area contributed by atoms with E-state index in [1.807, 2.05) is 54.6 Å². The maximum absolute atomic E-state index is 13.5. The normalized spacial score (nSPS) is 11.5. The van der Waals surface area contributed by atoms with E-state index in [1.54, 1.807) is 0 Å². The number of carbonyl (C=O) groups excluding carboxylic acids is 1. The number of amides is 1. The van der Waals surface area contributed by atoms with Gasteiger partial charge in [-0.1, -0.05) is 58.4 Å². The highest BCUT2D eigenvalue weighted by molar-refractivity contribution is 9.10. The van der Waals surface area contributed by atoms with Crippen molar-refractivity contribution in [2.45, 2.75) is 11.3 Å². The second kappa shape index (κ2) is 12.5. The Hall–Kier alpha value is -3.21. The van der Waals surface area contributed by atoms with Crippen molar-refractivity contribution in [2.24, 2.45) is 5.10 Å². The maximum Gasteiger partial charge on any atom is 0.255 e. The largest absolute Gasteiger partial charge is 0.493 e. The molecule has 35 heavy (non-hydrogen) atoms. The van der Waals surface area contributed by atoms with Crippen LogP contribution in [0.15, 0.2) is 87.3 Å². The lowest BCUT2D eigenvalue weighted by atomic mass is 10.1. The molecule has 1 amide bonds. The van der Waals surface area contributed by atoms with Gasteiger partial charge in [-0.05, 0) is 41.8 Å². The first-order chi connectivity index (χ1) is 16.8. The van der Waals surface area contributed by atoms with Crippen LogP contribution in [0.2, 0.25) is 0 Å². The molecule has 10 heteroatoms. The van der Waals surface area contributed by atoms with Gasteiger partial charge in [-0.15, -0.1) is 0 Å². The number of methoxy groups -OCH3 is 2. The number of hydrogen-bond donors (Lipinski definition) is 1. The summed E-state index contributed by atoms with van der Waals surface area (Å²) in [6.45, 7) is -0.300. The second-order valence-corrected chi connectivity index (χ2v) is 10.3. The predicted molar refractivity (Wildman–Crippen MR) is 138 cm³/mol. The number of sulfonamides is 1. The zero-order chi connectivity index (χ0) is 25.3. The number of halogens is 1. The van der Waals surface area contributed by atoms with Crippen LogP contribution in [-0.4, -0.2) is 52.2 Å². The summed E-state index contributed by atoms with van der Waals surface area (Å²) in [4.78, 5) is 12.6. The van der Waals surface area contributed by atoms with Gasteiger partial charge in [0.05, 0.1) is 31.9 Å². The highest BCUT2D eigenvalue weighted by atomic mass is 79.9. The van der Waals surface area contributed by atoms with Crippen molar-refractivity contribution in [3.63, 3.8) is 0 Å². The summed E-state index contributed by atoms with van der Waals surface area (Å²) in [6.07, 6.45) is 1.92. The molecule has 0 aromatic heterocycles. The summed E-state index contributed by atoms with van der Waals surface area (Å²) in [7, 11) is -1.13. The highest BCUT2D eigenvalue weighted by Crippen LogP contribution is 2.30. The first-order valence-electron chi connectivity index (χ1n) is 10.7. The topological polar surface area (TPSA) is 97.3 Å². The van der Waals surface area contributed by atoms with Gasteiger partial charge in [0.25, 0.3) is 5.91 Å². The van der Waals surface area contributed by atoms with E-state index in [-0.39, 0.29) is 17.2 Å². The number of hydrazone groups is 1. The molecule has 0 heterocycles. The SMILES string of the molecule is COc1ccc(S(=O)(=O)N(CCc2ccccc2)CC(=O)N/N=C\c2ccc(Br)cc2)cc1OC. The summed E-state index contributed by atoms with van der Waals surface area (Å²) in [6, 6.07) is 21.1. The van der Waals surface area contributed by atoms with Crippen LogP contribution in [0.1, 0.15) is 11.1 Å². The number of rotatable bonds is 11. The molecule has 0 radical (unpaired) electrons. The second-order valence-electron chi connectivity index (χ2n) is 7.44. The van der Waals surface area contributed by atoms with Crippen LogP contribution in [0.5, 0.6) is 11.5 Å². The standard InChI is InChI=1S/C25H26BrN3O5S/c1-33-23-13-12-22(16-24(23)34-2)35(31,32)29(15-14-19-6-4-3-5-7-19)18-25(30)28-27-17-20-8-10-21(26)11-9-20/h3-13,16-17H,14-15,18H2,1-2H3,(H,28,30)/b27-17-. The lowest BCUT2D eigenvalue weighted by Gasteiger charge is -2.22. The molecule has 0 saturated heterocycles. The number of ether oxygens (including phenoxy) is 2. The third-order valence-corrected chi connectivity index (χ3v) is 7.45. The lowest BCUT2D eigenvalue weighted by molar-refractivity contribution is -0.121. The Morgan fingerprint density at radius 1 is 1.00 bits per heavy atom. The van der Waals surface area contributed by atoms with Gasteiger partial charge < -0.3 is 9.47 Å². The fourth-order valence-corrected chi connectivity index (χ4v) is 4.91. The minimum atomic E-state index is -4.03. The van der Waals surface area contributed by atoms with Crippen LogP contribution in [0.3, 0.4) is 0 Å². The molecule has 0 aliphatic heterocycles. The molecule has 3 aromatic carbocycles. The van der Waals surface area contributed by atoms with Crippen LogP contribution in [0.25, 0.3) is 0 Å². The Kier molecular flexibility index (Phi) is 9.41. The molecule has 0 unspecified atom stereocenters. The van der Waals surface area contributed by atoms with Gasteiger partial charge in [-0.3, -0.25) is 4.79 Å². The van der Waals surface area contributed by atoms with E-state index < -0.39 is 22.5 Å². The number of nitrogens with one attached hydrogen (secondary N) is 1. The average molecular weight is 560 g/mol. The van der Waals surface area contributed by atoms with Gasteiger partial charge in [0, 0.05) is 17.1 Å². The number of carbonyl (C=O) groups is 1. The van der Waals surface area contributed by atoms with Gasteiger partial charge in [-0.2, -0.15) is 9.41 Å². The van der Waals surface area contributed by atoms with Gasteiger partial charge >= 0.3 is 0 Å². The Balaban J connectivity index is 1.79. The van der Waals surface area contributed by atoms with E-state index in [2.05, 4.69) is 26.5 Å². The highest BCUT2D eigenvalue weighted by Gasteiger charge is 2.27. The van der Waals surface area contributed by atoms with Gasteiger partial charge in [-0.25, -0.2) is 13.8 Å². The average Bonchev–Trinajstić information content (AvgIpc) is 2.87. The molecule has 0 aliphatic carbocycles. The molecular formula is C25H26BrN3O5S. The zero-order valence-corrected chi connectivity index (χ0v) is 21.8. The predicted octanol–water partition coefficient (Wildman–Crippen LogP) is 3.85.